The fourth-order valence-corrected chi connectivity index (χ4v) is 1.20. The van der Waals surface area contributed by atoms with Crippen LogP contribution in [0, 0.1) is 11.8 Å². The quantitative estimate of drug-likeness (QED) is 0.664. The molecule has 104 valence electrons. The predicted octanol–water partition coefficient (Wildman–Crippen LogP) is 0.878. The Bertz CT molecular complexity index is 313. The van der Waals surface area contributed by atoms with Crippen molar-refractivity contribution < 1.29 is 14.4 Å². The average molecular weight is 256 g/mol. The highest BCUT2D eigenvalue weighted by Gasteiger charge is 2.23. The third-order valence-corrected chi connectivity index (χ3v) is 2.71. The van der Waals surface area contributed by atoms with Crippen molar-refractivity contribution in [2.45, 2.75) is 47.1 Å². The zero-order chi connectivity index (χ0) is 14.3. The molecule has 0 aromatic heterocycles. The molecule has 5 nitrogen and oxygen atoms in total. The van der Waals surface area contributed by atoms with Gasteiger partial charge in [-0.2, -0.15) is 0 Å². The maximum atomic E-state index is 11.6. The van der Waals surface area contributed by atoms with Crippen molar-refractivity contribution in [1.82, 2.24) is 10.6 Å². The van der Waals surface area contributed by atoms with Gasteiger partial charge in [-0.1, -0.05) is 27.7 Å². The lowest BCUT2D eigenvalue weighted by atomic mass is 10.0. The number of ketones is 1. The Morgan fingerprint density at radius 3 is 2.06 bits per heavy atom. The molecular formula is C13H24N2O3. The molecule has 0 saturated heterocycles. The van der Waals surface area contributed by atoms with Crippen LogP contribution in [-0.2, 0) is 14.4 Å². The van der Waals surface area contributed by atoms with Crippen LogP contribution in [0.25, 0.3) is 0 Å². The predicted molar refractivity (Wildman–Crippen MR) is 69.9 cm³/mol. The molecular weight excluding hydrogens is 232 g/mol. The molecule has 2 atom stereocenters. The molecule has 0 fully saturated rings. The Balaban J connectivity index is 4.22. The standard InChI is InChI=1S/C13H24N2O3/c1-6-9(4)11(16)13(18)15-10(5)12(17)14-7-8(2)3/h8-10H,6-7H2,1-5H3,(H,14,17)(H,15,18). The first-order chi connectivity index (χ1) is 8.29. The van der Waals surface area contributed by atoms with E-state index < -0.39 is 17.7 Å². The van der Waals surface area contributed by atoms with Gasteiger partial charge in [0.05, 0.1) is 0 Å². The van der Waals surface area contributed by atoms with Crippen molar-refractivity contribution in [3.8, 4) is 0 Å². The second-order valence-electron chi connectivity index (χ2n) is 5.01. The van der Waals surface area contributed by atoms with E-state index in [0.717, 1.165) is 0 Å². The third kappa shape index (κ3) is 5.80. The highest BCUT2D eigenvalue weighted by molar-refractivity contribution is 6.37. The lowest BCUT2D eigenvalue weighted by Crippen LogP contribution is -2.48. The molecule has 18 heavy (non-hydrogen) atoms. The summed E-state index contributed by atoms with van der Waals surface area (Å²) < 4.78 is 0. The number of Topliss-reactive ketones (excluding diaryl/α,β-unsaturated/α-hetero) is 1. The van der Waals surface area contributed by atoms with Gasteiger partial charge in [0.15, 0.2) is 0 Å². The molecule has 5 heteroatoms. The molecule has 2 N–H and O–H groups in total. The van der Waals surface area contributed by atoms with Crippen LogP contribution in [0.3, 0.4) is 0 Å². The Morgan fingerprint density at radius 2 is 1.61 bits per heavy atom. The first-order valence-corrected chi connectivity index (χ1v) is 6.41. The zero-order valence-electron chi connectivity index (χ0n) is 11.9. The van der Waals surface area contributed by atoms with Gasteiger partial charge in [0.25, 0.3) is 5.91 Å². The SMILES string of the molecule is CCC(C)C(=O)C(=O)NC(C)C(=O)NCC(C)C. The van der Waals surface area contributed by atoms with Gasteiger partial charge in [-0.25, -0.2) is 0 Å². The Kier molecular flexibility index (Phi) is 7.24. The summed E-state index contributed by atoms with van der Waals surface area (Å²) >= 11 is 0. The van der Waals surface area contributed by atoms with E-state index in [1.54, 1.807) is 13.8 Å². The van der Waals surface area contributed by atoms with E-state index in [1.165, 1.54) is 0 Å². The minimum atomic E-state index is -0.691. The molecule has 2 amide bonds. The van der Waals surface area contributed by atoms with E-state index in [1.807, 2.05) is 20.8 Å². The summed E-state index contributed by atoms with van der Waals surface area (Å²) in [6.45, 7) is 9.63. The molecule has 0 saturated carbocycles. The summed E-state index contributed by atoms with van der Waals surface area (Å²) in [5.74, 6) is -1.39. The number of carbonyl (C=O) groups excluding carboxylic acids is 3. The topological polar surface area (TPSA) is 75.3 Å². The smallest absolute Gasteiger partial charge is 0.288 e. The normalized spacial score (nSPS) is 13.9. The van der Waals surface area contributed by atoms with Gasteiger partial charge in [0.2, 0.25) is 11.7 Å². The van der Waals surface area contributed by atoms with E-state index in [9.17, 15) is 14.4 Å². The highest BCUT2D eigenvalue weighted by atomic mass is 16.2. The second-order valence-corrected chi connectivity index (χ2v) is 5.01. The summed E-state index contributed by atoms with van der Waals surface area (Å²) in [4.78, 5) is 34.7. The molecule has 2 unspecified atom stereocenters. The lowest BCUT2D eigenvalue weighted by molar-refractivity contribution is -0.141. The highest BCUT2D eigenvalue weighted by Crippen LogP contribution is 2.02. The van der Waals surface area contributed by atoms with Gasteiger partial charge in [-0.05, 0) is 19.3 Å². The van der Waals surface area contributed by atoms with E-state index in [4.69, 9.17) is 0 Å². The third-order valence-electron chi connectivity index (χ3n) is 2.71. The van der Waals surface area contributed by atoms with Crippen LogP contribution in [0.4, 0.5) is 0 Å². The molecule has 0 aliphatic carbocycles. The molecule has 0 spiro atoms. The van der Waals surface area contributed by atoms with Crippen LogP contribution < -0.4 is 10.6 Å². The fourth-order valence-electron chi connectivity index (χ4n) is 1.20. The number of hydrogen-bond acceptors (Lipinski definition) is 3. The Morgan fingerprint density at radius 1 is 1.06 bits per heavy atom. The van der Waals surface area contributed by atoms with Crippen LogP contribution in [0.2, 0.25) is 0 Å². The van der Waals surface area contributed by atoms with Crippen LogP contribution in [0.15, 0.2) is 0 Å². The van der Waals surface area contributed by atoms with Gasteiger partial charge in [0, 0.05) is 12.5 Å². The molecule has 0 aliphatic rings. The number of hydrogen-bond donors (Lipinski definition) is 2. The summed E-state index contributed by atoms with van der Waals surface area (Å²) in [5.41, 5.74) is 0. The monoisotopic (exact) mass is 256 g/mol. The molecule has 0 bridgehead atoms. The van der Waals surface area contributed by atoms with Gasteiger partial charge < -0.3 is 10.6 Å². The van der Waals surface area contributed by atoms with Gasteiger partial charge in [-0.15, -0.1) is 0 Å². The molecule has 0 aliphatic heterocycles. The largest absolute Gasteiger partial charge is 0.354 e. The van der Waals surface area contributed by atoms with E-state index in [-0.39, 0.29) is 11.8 Å². The minimum Gasteiger partial charge on any atom is -0.354 e. The van der Waals surface area contributed by atoms with Crippen molar-refractivity contribution in [2.75, 3.05) is 6.54 Å². The summed E-state index contributed by atoms with van der Waals surface area (Å²) in [5, 5.41) is 5.12. The van der Waals surface area contributed by atoms with Gasteiger partial charge >= 0.3 is 0 Å². The van der Waals surface area contributed by atoms with Crippen LogP contribution in [0.1, 0.15) is 41.0 Å². The van der Waals surface area contributed by atoms with Crippen molar-refractivity contribution >= 4 is 17.6 Å². The second kappa shape index (κ2) is 7.84. The summed E-state index contributed by atoms with van der Waals surface area (Å²) in [7, 11) is 0. The summed E-state index contributed by atoms with van der Waals surface area (Å²) in [6.07, 6.45) is 0.611. The summed E-state index contributed by atoms with van der Waals surface area (Å²) in [6, 6.07) is -0.691. The van der Waals surface area contributed by atoms with Crippen molar-refractivity contribution in [2.24, 2.45) is 11.8 Å². The van der Waals surface area contributed by atoms with E-state index >= 15 is 0 Å². The average Bonchev–Trinajstić information content (AvgIpc) is 2.33. The maximum Gasteiger partial charge on any atom is 0.288 e. The van der Waals surface area contributed by atoms with Crippen LogP contribution in [-0.4, -0.2) is 30.2 Å². The van der Waals surface area contributed by atoms with Crippen molar-refractivity contribution in [3.05, 3.63) is 0 Å². The van der Waals surface area contributed by atoms with E-state index in [2.05, 4.69) is 10.6 Å². The molecule has 0 heterocycles. The van der Waals surface area contributed by atoms with Crippen molar-refractivity contribution in [3.63, 3.8) is 0 Å². The Hall–Kier alpha value is -1.39. The molecule has 0 rings (SSSR count). The number of nitrogens with one attached hydrogen (secondary N) is 2. The molecule has 0 aromatic carbocycles. The molecule has 0 aromatic rings. The van der Waals surface area contributed by atoms with Gasteiger partial charge in [0.1, 0.15) is 6.04 Å². The minimum absolute atomic E-state index is 0.269. The van der Waals surface area contributed by atoms with E-state index in [0.29, 0.717) is 18.9 Å². The first kappa shape index (κ1) is 16.6. The maximum absolute atomic E-state index is 11.6. The van der Waals surface area contributed by atoms with Crippen LogP contribution >= 0.6 is 0 Å². The number of amides is 2. The lowest BCUT2D eigenvalue weighted by Gasteiger charge is -2.15. The van der Waals surface area contributed by atoms with Gasteiger partial charge in [-0.3, -0.25) is 14.4 Å². The number of rotatable bonds is 7. The zero-order valence-corrected chi connectivity index (χ0v) is 11.9. The molecule has 0 radical (unpaired) electrons. The first-order valence-electron chi connectivity index (χ1n) is 6.41. The fraction of sp³-hybridized carbons (Fsp3) is 0.769. The van der Waals surface area contributed by atoms with Crippen LogP contribution in [0.5, 0.6) is 0 Å². The Labute approximate surface area is 109 Å². The van der Waals surface area contributed by atoms with Crippen molar-refractivity contribution in [1.29, 1.82) is 0 Å². The number of carbonyl (C=O) groups is 3.